The summed E-state index contributed by atoms with van der Waals surface area (Å²) in [5, 5.41) is 9.24. The third-order valence-corrected chi connectivity index (χ3v) is 7.90. The fourth-order valence-electron chi connectivity index (χ4n) is 5.24. The van der Waals surface area contributed by atoms with Crippen LogP contribution in [0.15, 0.2) is 18.2 Å². The molecule has 186 valence electrons. The minimum atomic E-state index is -2.71. The molecule has 1 aromatic carbocycles. The summed E-state index contributed by atoms with van der Waals surface area (Å²) in [6.07, 6.45) is 6.65. The maximum Gasteiger partial charge on any atom is 0.253 e. The number of fused-ring (bicyclic) bond motifs is 1. The number of Topliss-reactive ketones (excluding diaryl/α,β-unsaturated/α-hetero) is 1. The van der Waals surface area contributed by atoms with Gasteiger partial charge in [0, 0.05) is 31.6 Å². The Bertz CT molecular complexity index is 1150. The molecule has 2 atom stereocenters. The lowest BCUT2D eigenvalue weighted by molar-refractivity contribution is -0.237. The van der Waals surface area contributed by atoms with Crippen LogP contribution in [0.1, 0.15) is 92.4 Å². The molecule has 34 heavy (non-hydrogen) atoms. The Morgan fingerprint density at radius 2 is 2.00 bits per heavy atom. The summed E-state index contributed by atoms with van der Waals surface area (Å²) < 4.78 is 44.5. The van der Waals surface area contributed by atoms with Crippen LogP contribution < -0.4 is 0 Å². The molecule has 0 amide bonds. The van der Waals surface area contributed by atoms with Gasteiger partial charge in [0.25, 0.3) is 5.92 Å². The molecule has 2 unspecified atom stereocenters. The maximum absolute atomic E-state index is 14.6. The van der Waals surface area contributed by atoms with Gasteiger partial charge in [0.2, 0.25) is 0 Å². The number of halogens is 3. The van der Waals surface area contributed by atoms with Crippen LogP contribution in [0, 0.1) is 28.5 Å². The molecule has 2 aliphatic carbocycles. The number of allylic oxidation sites excluding steroid dienone is 1. The fourth-order valence-corrected chi connectivity index (χ4v) is 5.24. The number of alkyl halides is 2. The first-order valence-corrected chi connectivity index (χ1v) is 12.2. The highest BCUT2D eigenvalue weighted by Gasteiger charge is 2.63. The van der Waals surface area contributed by atoms with Gasteiger partial charge in [0.15, 0.2) is 5.82 Å². The summed E-state index contributed by atoms with van der Waals surface area (Å²) in [7, 11) is 0. The number of benzene rings is 1. The number of ketones is 1. The van der Waals surface area contributed by atoms with E-state index >= 15 is 0 Å². The second-order valence-electron chi connectivity index (χ2n) is 9.82. The van der Waals surface area contributed by atoms with Crippen LogP contribution in [0.3, 0.4) is 0 Å². The molecule has 4 nitrogen and oxygen atoms in total. The molecular formula is C27H36F3N3O. The number of nitrogens with zero attached hydrogens (tertiary/aromatic N) is 3. The zero-order valence-corrected chi connectivity index (χ0v) is 20.7. The van der Waals surface area contributed by atoms with Gasteiger partial charge in [0.05, 0.1) is 17.1 Å². The molecule has 0 saturated heterocycles. The second kappa shape index (κ2) is 9.56. The van der Waals surface area contributed by atoms with Crippen molar-refractivity contribution in [3.05, 3.63) is 35.4 Å². The zero-order chi connectivity index (χ0) is 25.3. The summed E-state index contributed by atoms with van der Waals surface area (Å²) in [4.78, 5) is 16.9. The van der Waals surface area contributed by atoms with Crippen molar-refractivity contribution in [2.24, 2.45) is 11.3 Å². The van der Waals surface area contributed by atoms with Crippen LogP contribution in [0.25, 0.3) is 17.1 Å². The molecule has 0 spiro atoms. The van der Waals surface area contributed by atoms with Crippen LogP contribution in [0.5, 0.6) is 0 Å². The lowest BCUT2D eigenvalue weighted by Gasteiger charge is -2.53. The average molecular weight is 476 g/mol. The smallest absolute Gasteiger partial charge is 0.253 e. The fraction of sp³-hybridized carbons (Fsp3) is 0.593. The second-order valence-corrected chi connectivity index (χ2v) is 9.82. The van der Waals surface area contributed by atoms with Gasteiger partial charge in [-0.3, -0.25) is 4.79 Å². The van der Waals surface area contributed by atoms with E-state index in [0.29, 0.717) is 17.8 Å². The Morgan fingerprint density at radius 3 is 2.53 bits per heavy atom. The van der Waals surface area contributed by atoms with Crippen LogP contribution in [-0.4, -0.2) is 21.3 Å². The van der Waals surface area contributed by atoms with Gasteiger partial charge in [-0.25, -0.2) is 18.2 Å². The van der Waals surface area contributed by atoms with Gasteiger partial charge >= 0.3 is 0 Å². The molecule has 2 aliphatic rings. The van der Waals surface area contributed by atoms with Gasteiger partial charge in [-0.2, -0.15) is 5.26 Å². The predicted octanol–water partition coefficient (Wildman–Crippen LogP) is 7.65. The topological polar surface area (TPSA) is 58.7 Å². The highest BCUT2D eigenvalue weighted by molar-refractivity contribution is 5.83. The van der Waals surface area contributed by atoms with Gasteiger partial charge in [0.1, 0.15) is 17.1 Å². The SMILES string of the molecule is CC.CCC1(C)C(CC(=O)C/C=C/c2nc3c(F)cc(C#N)cc3n2C2(C)CCC2)CC1(F)F.[HH]. The predicted molar refractivity (Wildman–Crippen MR) is 130 cm³/mol. The van der Waals surface area contributed by atoms with Crippen LogP contribution >= 0.6 is 0 Å². The molecule has 2 saturated carbocycles. The number of rotatable bonds is 7. The first-order chi connectivity index (χ1) is 16.0. The molecule has 0 bridgehead atoms. The minimum Gasteiger partial charge on any atom is -0.318 e. The number of hydrogen-bond donors (Lipinski definition) is 0. The minimum absolute atomic E-state index is 0. The normalized spacial score (nSPS) is 24.6. The van der Waals surface area contributed by atoms with Gasteiger partial charge in [-0.15, -0.1) is 0 Å². The Hall–Kier alpha value is -2.62. The monoisotopic (exact) mass is 475 g/mol. The van der Waals surface area contributed by atoms with Gasteiger partial charge in [-0.1, -0.05) is 33.8 Å². The average Bonchev–Trinajstić information content (AvgIpc) is 3.16. The van der Waals surface area contributed by atoms with Gasteiger partial charge < -0.3 is 4.57 Å². The largest absolute Gasteiger partial charge is 0.318 e. The quantitative estimate of drug-likeness (QED) is 0.413. The number of carbonyl (C=O) groups excluding carboxylic acids is 1. The first kappa shape index (κ1) is 26.0. The van der Waals surface area contributed by atoms with Crippen molar-refractivity contribution in [2.75, 3.05) is 0 Å². The molecule has 0 radical (unpaired) electrons. The Balaban J connectivity index is 0.00000140. The van der Waals surface area contributed by atoms with Crippen molar-refractivity contribution < 1.29 is 19.4 Å². The molecule has 2 aromatic rings. The maximum atomic E-state index is 14.6. The van der Waals surface area contributed by atoms with Crippen molar-refractivity contribution in [1.29, 1.82) is 5.26 Å². The van der Waals surface area contributed by atoms with Crippen LogP contribution in [-0.2, 0) is 10.3 Å². The van der Waals surface area contributed by atoms with E-state index in [9.17, 15) is 23.2 Å². The van der Waals surface area contributed by atoms with Crippen LogP contribution in [0.4, 0.5) is 13.2 Å². The Kier molecular flexibility index (Phi) is 7.31. The zero-order valence-electron chi connectivity index (χ0n) is 20.7. The summed E-state index contributed by atoms with van der Waals surface area (Å²) >= 11 is 0. The molecule has 2 fully saturated rings. The Labute approximate surface area is 201 Å². The van der Waals surface area contributed by atoms with E-state index in [1.807, 2.05) is 24.5 Å². The molecular weight excluding hydrogens is 439 g/mol. The van der Waals surface area contributed by atoms with E-state index in [2.05, 4.69) is 11.9 Å². The van der Waals surface area contributed by atoms with Crippen LogP contribution in [0.2, 0.25) is 0 Å². The van der Waals surface area contributed by atoms with E-state index in [0.717, 1.165) is 19.3 Å². The van der Waals surface area contributed by atoms with E-state index in [4.69, 9.17) is 0 Å². The highest BCUT2D eigenvalue weighted by atomic mass is 19.3. The third-order valence-electron chi connectivity index (χ3n) is 7.90. The van der Waals surface area contributed by atoms with E-state index in [1.54, 1.807) is 32.1 Å². The lowest BCUT2D eigenvalue weighted by Crippen LogP contribution is -2.56. The number of nitriles is 1. The molecule has 0 N–H and O–H groups in total. The first-order valence-electron chi connectivity index (χ1n) is 12.2. The van der Waals surface area contributed by atoms with Crippen molar-refractivity contribution in [3.63, 3.8) is 0 Å². The van der Waals surface area contributed by atoms with Gasteiger partial charge in [-0.05, 0) is 56.7 Å². The highest BCUT2D eigenvalue weighted by Crippen LogP contribution is 2.61. The number of aromatic nitrogens is 2. The molecule has 1 heterocycles. The third kappa shape index (κ3) is 4.28. The number of carbonyl (C=O) groups is 1. The van der Waals surface area contributed by atoms with E-state index < -0.39 is 17.2 Å². The van der Waals surface area contributed by atoms with E-state index in [-0.39, 0.29) is 49.0 Å². The molecule has 1 aromatic heterocycles. The molecule has 7 heteroatoms. The summed E-state index contributed by atoms with van der Waals surface area (Å²) in [6, 6.07) is 4.82. The van der Waals surface area contributed by atoms with Crippen molar-refractivity contribution >= 4 is 22.9 Å². The van der Waals surface area contributed by atoms with Crippen molar-refractivity contribution in [1.82, 2.24) is 9.55 Å². The van der Waals surface area contributed by atoms with Crippen molar-refractivity contribution in [3.8, 4) is 6.07 Å². The number of imidazole rings is 1. The summed E-state index contributed by atoms with van der Waals surface area (Å²) in [5.41, 5.74) is -0.320. The van der Waals surface area contributed by atoms with Crippen molar-refractivity contribution in [2.45, 2.75) is 91.0 Å². The number of hydrogen-bond acceptors (Lipinski definition) is 3. The summed E-state index contributed by atoms with van der Waals surface area (Å²) in [6.45, 7) is 9.39. The van der Waals surface area contributed by atoms with E-state index in [1.165, 1.54) is 6.07 Å². The Morgan fingerprint density at radius 1 is 1.32 bits per heavy atom. The lowest BCUT2D eigenvalue weighted by atomic mass is 9.55. The summed E-state index contributed by atoms with van der Waals surface area (Å²) in [5.74, 6) is -3.11. The standard InChI is InChI=1S/C25H28F3N3O.C2H6.H2/c1-4-24(3)17(14-25(24,27)28)13-18(32)7-5-8-21-30-22-19(26)11-16(15-29)12-20(22)31(21)23(2)9-6-10-23;1-2;/h5,8,11-12,17H,4,6-7,9-10,13-14H2,1-3H3;1-2H3;1H/b8-5+;;. The molecule has 4 rings (SSSR count). The molecule has 0 aliphatic heterocycles.